The van der Waals surface area contributed by atoms with Crippen LogP contribution in [0.5, 0.6) is 5.75 Å². The van der Waals surface area contributed by atoms with Gasteiger partial charge in [0.25, 0.3) is 0 Å². The minimum Gasteiger partial charge on any atom is -0.493 e. The second kappa shape index (κ2) is 5.87. The van der Waals surface area contributed by atoms with Gasteiger partial charge in [0.15, 0.2) is 0 Å². The van der Waals surface area contributed by atoms with Crippen molar-refractivity contribution in [1.29, 1.82) is 0 Å². The Hall–Kier alpha value is -1.55. The number of hydrogen-bond donors (Lipinski definition) is 2. The van der Waals surface area contributed by atoms with Crippen LogP contribution >= 0.6 is 0 Å². The molecule has 18 heavy (non-hydrogen) atoms. The molecule has 1 aliphatic rings. The predicted molar refractivity (Wildman–Crippen MR) is 70.5 cm³/mol. The summed E-state index contributed by atoms with van der Waals surface area (Å²) < 4.78 is 5.77. The number of rotatable bonds is 4. The van der Waals surface area contributed by atoms with E-state index in [0.717, 1.165) is 24.3 Å². The van der Waals surface area contributed by atoms with Crippen LogP contribution in [0.4, 0.5) is 0 Å². The van der Waals surface area contributed by atoms with Gasteiger partial charge in [0.2, 0.25) is 5.91 Å². The third-order valence-corrected chi connectivity index (χ3v) is 3.30. The first-order chi connectivity index (χ1) is 8.72. The fraction of sp³-hybridized carbons (Fsp3) is 0.500. The van der Waals surface area contributed by atoms with Crippen molar-refractivity contribution in [3.05, 3.63) is 29.8 Å². The summed E-state index contributed by atoms with van der Waals surface area (Å²) in [7, 11) is 1.94. The number of amides is 1. The Morgan fingerprint density at radius 3 is 2.94 bits per heavy atom. The normalized spacial score (nSPS) is 21.9. The molecule has 4 heteroatoms. The van der Waals surface area contributed by atoms with E-state index < -0.39 is 0 Å². The number of carbonyl (C=O) groups is 1. The second-order valence-corrected chi connectivity index (χ2v) is 4.68. The topological polar surface area (TPSA) is 50.4 Å². The Morgan fingerprint density at radius 2 is 2.22 bits per heavy atom. The smallest absolute Gasteiger partial charge is 0.217 e. The molecule has 98 valence electrons. The largest absolute Gasteiger partial charge is 0.493 e. The summed E-state index contributed by atoms with van der Waals surface area (Å²) in [5, 5.41) is 6.19. The third kappa shape index (κ3) is 2.82. The Morgan fingerprint density at radius 1 is 1.44 bits per heavy atom. The Kier molecular flexibility index (Phi) is 4.20. The highest BCUT2D eigenvalue weighted by Crippen LogP contribution is 2.36. The van der Waals surface area contributed by atoms with E-state index in [1.165, 1.54) is 0 Å². The summed E-state index contributed by atoms with van der Waals surface area (Å²) >= 11 is 0. The van der Waals surface area contributed by atoms with Crippen molar-refractivity contribution >= 4 is 5.91 Å². The van der Waals surface area contributed by atoms with Crippen LogP contribution < -0.4 is 15.4 Å². The van der Waals surface area contributed by atoms with Gasteiger partial charge in [-0.3, -0.25) is 4.79 Å². The number of para-hydroxylation sites is 1. The molecule has 2 rings (SSSR count). The van der Waals surface area contributed by atoms with E-state index in [1.54, 1.807) is 6.92 Å². The van der Waals surface area contributed by atoms with Crippen molar-refractivity contribution in [2.75, 3.05) is 20.2 Å². The average molecular weight is 248 g/mol. The molecule has 1 aromatic carbocycles. The number of fused-ring (bicyclic) bond motifs is 1. The van der Waals surface area contributed by atoms with Gasteiger partial charge in [-0.25, -0.2) is 0 Å². The number of nitrogens with one attached hydrogen (secondary N) is 2. The van der Waals surface area contributed by atoms with Crippen LogP contribution in [0.1, 0.15) is 24.9 Å². The first kappa shape index (κ1) is 12.9. The van der Waals surface area contributed by atoms with E-state index in [2.05, 4.69) is 10.6 Å². The first-order valence-electron chi connectivity index (χ1n) is 6.36. The van der Waals surface area contributed by atoms with Gasteiger partial charge in [-0.1, -0.05) is 18.2 Å². The average Bonchev–Trinajstić information content (AvgIpc) is 2.37. The molecule has 0 aromatic heterocycles. The standard InChI is InChI=1S/C14H20N2O2/c1-10(17)16-14-11(7-8-15-2)9-18-13-6-4-3-5-12(13)14/h3-6,11,14-15H,7-9H2,1-2H3,(H,16,17). The number of benzene rings is 1. The van der Waals surface area contributed by atoms with Gasteiger partial charge in [-0.2, -0.15) is 0 Å². The van der Waals surface area contributed by atoms with Crippen LogP contribution in [0.2, 0.25) is 0 Å². The zero-order valence-corrected chi connectivity index (χ0v) is 10.9. The highest BCUT2D eigenvalue weighted by Gasteiger charge is 2.30. The monoisotopic (exact) mass is 248 g/mol. The minimum atomic E-state index is 0.00570. The van der Waals surface area contributed by atoms with E-state index in [9.17, 15) is 4.79 Å². The number of carbonyl (C=O) groups excluding carboxylic acids is 1. The SMILES string of the molecule is CNCCC1COc2ccccc2C1NC(C)=O. The van der Waals surface area contributed by atoms with E-state index in [4.69, 9.17) is 4.74 Å². The first-order valence-corrected chi connectivity index (χ1v) is 6.36. The molecular weight excluding hydrogens is 228 g/mol. The molecule has 2 N–H and O–H groups in total. The molecule has 0 spiro atoms. The van der Waals surface area contributed by atoms with Crippen LogP contribution in [0, 0.1) is 5.92 Å². The predicted octanol–water partition coefficient (Wildman–Crippen LogP) is 1.48. The quantitative estimate of drug-likeness (QED) is 0.848. The highest BCUT2D eigenvalue weighted by atomic mass is 16.5. The summed E-state index contributed by atoms with van der Waals surface area (Å²) in [6, 6.07) is 7.98. The van der Waals surface area contributed by atoms with Crippen molar-refractivity contribution < 1.29 is 9.53 Å². The van der Waals surface area contributed by atoms with Gasteiger partial charge in [-0.05, 0) is 26.1 Å². The second-order valence-electron chi connectivity index (χ2n) is 4.68. The van der Waals surface area contributed by atoms with Gasteiger partial charge in [0.1, 0.15) is 5.75 Å². The molecule has 0 bridgehead atoms. The molecular formula is C14H20N2O2. The molecule has 0 saturated heterocycles. The van der Waals surface area contributed by atoms with Gasteiger partial charge >= 0.3 is 0 Å². The maximum absolute atomic E-state index is 11.4. The molecule has 2 atom stereocenters. The van der Waals surface area contributed by atoms with Gasteiger partial charge in [0, 0.05) is 18.4 Å². The molecule has 1 aliphatic heterocycles. The van der Waals surface area contributed by atoms with Crippen LogP contribution in [0.25, 0.3) is 0 Å². The van der Waals surface area contributed by atoms with Crippen molar-refractivity contribution in [3.63, 3.8) is 0 Å². The molecule has 0 fully saturated rings. The van der Waals surface area contributed by atoms with E-state index >= 15 is 0 Å². The highest BCUT2D eigenvalue weighted by molar-refractivity contribution is 5.73. The van der Waals surface area contributed by atoms with E-state index in [-0.39, 0.29) is 11.9 Å². The molecule has 0 saturated carbocycles. The minimum absolute atomic E-state index is 0.00570. The lowest BCUT2D eigenvalue weighted by Gasteiger charge is -2.34. The van der Waals surface area contributed by atoms with Crippen LogP contribution in [0.15, 0.2) is 24.3 Å². The van der Waals surface area contributed by atoms with E-state index in [1.807, 2.05) is 31.3 Å². The maximum Gasteiger partial charge on any atom is 0.217 e. The lowest BCUT2D eigenvalue weighted by Crippen LogP contribution is -2.38. The zero-order chi connectivity index (χ0) is 13.0. The van der Waals surface area contributed by atoms with Crippen molar-refractivity contribution in [2.45, 2.75) is 19.4 Å². The molecule has 1 heterocycles. The van der Waals surface area contributed by atoms with Crippen LogP contribution in [0.3, 0.4) is 0 Å². The van der Waals surface area contributed by atoms with E-state index in [0.29, 0.717) is 12.5 Å². The van der Waals surface area contributed by atoms with Crippen LogP contribution in [-0.2, 0) is 4.79 Å². The van der Waals surface area contributed by atoms with Crippen LogP contribution in [-0.4, -0.2) is 26.1 Å². The van der Waals surface area contributed by atoms with Crippen molar-refractivity contribution in [1.82, 2.24) is 10.6 Å². The molecule has 2 unspecified atom stereocenters. The van der Waals surface area contributed by atoms with Gasteiger partial charge < -0.3 is 15.4 Å². The fourth-order valence-electron chi connectivity index (χ4n) is 2.41. The maximum atomic E-state index is 11.4. The fourth-order valence-corrected chi connectivity index (χ4v) is 2.41. The Bertz CT molecular complexity index is 420. The third-order valence-electron chi connectivity index (χ3n) is 3.30. The zero-order valence-electron chi connectivity index (χ0n) is 10.9. The Labute approximate surface area is 108 Å². The van der Waals surface area contributed by atoms with Gasteiger partial charge in [-0.15, -0.1) is 0 Å². The molecule has 0 aliphatic carbocycles. The lowest BCUT2D eigenvalue weighted by atomic mass is 9.88. The Balaban J connectivity index is 2.21. The molecule has 4 nitrogen and oxygen atoms in total. The summed E-state index contributed by atoms with van der Waals surface area (Å²) in [5.74, 6) is 1.21. The summed E-state index contributed by atoms with van der Waals surface area (Å²) in [6.45, 7) is 3.14. The lowest BCUT2D eigenvalue weighted by molar-refractivity contribution is -0.120. The molecule has 1 aromatic rings. The van der Waals surface area contributed by atoms with Crippen molar-refractivity contribution in [2.24, 2.45) is 5.92 Å². The summed E-state index contributed by atoms with van der Waals surface area (Å²) in [4.78, 5) is 11.4. The summed E-state index contributed by atoms with van der Waals surface area (Å²) in [6.07, 6.45) is 0.982. The van der Waals surface area contributed by atoms with Gasteiger partial charge in [0.05, 0.1) is 12.6 Å². The van der Waals surface area contributed by atoms with Crippen molar-refractivity contribution in [3.8, 4) is 5.75 Å². The molecule has 1 amide bonds. The number of ether oxygens (including phenoxy) is 1. The number of hydrogen-bond acceptors (Lipinski definition) is 3. The molecule has 0 radical (unpaired) electrons. The summed E-state index contributed by atoms with van der Waals surface area (Å²) in [5.41, 5.74) is 1.08.